The fraction of sp³-hybridized carbons (Fsp3) is 0.667. The van der Waals surface area contributed by atoms with Gasteiger partial charge in [-0.1, -0.05) is 13.8 Å². The first-order valence-corrected chi connectivity index (χ1v) is 8.00. The molecule has 2 nitrogen and oxygen atoms in total. The minimum absolute atomic E-state index is 0.482. The van der Waals surface area contributed by atoms with E-state index in [1.807, 2.05) is 6.92 Å². The molecule has 0 radical (unpaired) electrons. The maximum Gasteiger partial charge on any atom is 0.119 e. The van der Waals surface area contributed by atoms with Crippen LogP contribution in [0.2, 0.25) is 0 Å². The molecule has 1 aromatic rings. The number of aryl methyl sites for hydroxylation is 2. The summed E-state index contributed by atoms with van der Waals surface area (Å²) in [7, 11) is 0. The third-order valence-electron chi connectivity index (χ3n) is 4.39. The van der Waals surface area contributed by atoms with Crippen molar-refractivity contribution in [2.45, 2.75) is 72.0 Å². The van der Waals surface area contributed by atoms with Crippen molar-refractivity contribution in [3.8, 4) is 5.75 Å². The Labute approximate surface area is 123 Å². The zero-order valence-electron chi connectivity index (χ0n) is 13.5. The maximum absolute atomic E-state index is 5.74. The highest BCUT2D eigenvalue weighted by Crippen LogP contribution is 2.39. The Kier molecular flexibility index (Phi) is 5.09. The van der Waals surface area contributed by atoms with Gasteiger partial charge in [-0.3, -0.25) is 0 Å². The third-order valence-corrected chi connectivity index (χ3v) is 4.39. The highest BCUT2D eigenvalue weighted by Gasteiger charge is 2.38. The van der Waals surface area contributed by atoms with Gasteiger partial charge in [0.25, 0.3) is 0 Å². The lowest BCUT2D eigenvalue weighted by Crippen LogP contribution is -2.08. The van der Waals surface area contributed by atoms with Gasteiger partial charge >= 0.3 is 0 Å². The van der Waals surface area contributed by atoms with Crippen LogP contribution in [0.5, 0.6) is 5.75 Å². The molecule has 3 unspecified atom stereocenters. The predicted molar refractivity (Wildman–Crippen MR) is 83.7 cm³/mol. The van der Waals surface area contributed by atoms with Crippen molar-refractivity contribution in [1.82, 2.24) is 0 Å². The molecule has 0 amide bonds. The van der Waals surface area contributed by atoms with Gasteiger partial charge in [0.2, 0.25) is 0 Å². The summed E-state index contributed by atoms with van der Waals surface area (Å²) in [4.78, 5) is 0. The molecule has 2 heteroatoms. The van der Waals surface area contributed by atoms with Crippen molar-refractivity contribution in [1.29, 1.82) is 0 Å². The molecule has 1 heterocycles. The summed E-state index contributed by atoms with van der Waals surface area (Å²) in [5, 5.41) is 0. The SMILES string of the molecule is CCOc1cc(C)c(C(CC)CC2OC2CC)c(C)c1. The molecule has 0 saturated carbocycles. The van der Waals surface area contributed by atoms with Gasteiger partial charge in [-0.2, -0.15) is 0 Å². The first-order chi connectivity index (χ1) is 9.60. The zero-order valence-corrected chi connectivity index (χ0v) is 13.5. The highest BCUT2D eigenvalue weighted by atomic mass is 16.6. The van der Waals surface area contributed by atoms with Crippen molar-refractivity contribution in [2.75, 3.05) is 6.61 Å². The average molecular weight is 276 g/mol. The molecule has 0 aliphatic carbocycles. The topological polar surface area (TPSA) is 21.8 Å². The van der Waals surface area contributed by atoms with E-state index in [1.54, 1.807) is 0 Å². The van der Waals surface area contributed by atoms with E-state index in [4.69, 9.17) is 9.47 Å². The fourth-order valence-corrected chi connectivity index (χ4v) is 3.34. The van der Waals surface area contributed by atoms with Crippen LogP contribution in [-0.4, -0.2) is 18.8 Å². The second-order valence-corrected chi connectivity index (χ2v) is 5.87. The number of ether oxygens (including phenoxy) is 2. The van der Waals surface area contributed by atoms with Crippen LogP contribution in [0.4, 0.5) is 0 Å². The van der Waals surface area contributed by atoms with Gasteiger partial charge in [-0.25, -0.2) is 0 Å². The monoisotopic (exact) mass is 276 g/mol. The Morgan fingerprint density at radius 3 is 2.20 bits per heavy atom. The van der Waals surface area contributed by atoms with Gasteiger partial charge in [0.15, 0.2) is 0 Å². The average Bonchev–Trinajstić information content (AvgIpc) is 3.15. The molecule has 1 aliphatic heterocycles. The van der Waals surface area contributed by atoms with E-state index in [-0.39, 0.29) is 0 Å². The Hall–Kier alpha value is -1.02. The van der Waals surface area contributed by atoms with E-state index in [9.17, 15) is 0 Å². The number of hydrogen-bond donors (Lipinski definition) is 0. The Balaban J connectivity index is 2.16. The Morgan fingerprint density at radius 1 is 1.10 bits per heavy atom. The van der Waals surface area contributed by atoms with Gasteiger partial charge in [0, 0.05) is 0 Å². The van der Waals surface area contributed by atoms with Crippen molar-refractivity contribution in [3.05, 3.63) is 28.8 Å². The van der Waals surface area contributed by atoms with Gasteiger partial charge < -0.3 is 9.47 Å². The van der Waals surface area contributed by atoms with Crippen LogP contribution in [-0.2, 0) is 4.74 Å². The normalized spacial score (nSPS) is 22.6. The molecule has 1 aromatic carbocycles. The van der Waals surface area contributed by atoms with Crippen LogP contribution >= 0.6 is 0 Å². The first-order valence-electron chi connectivity index (χ1n) is 8.00. The molecule has 0 aromatic heterocycles. The van der Waals surface area contributed by atoms with Crippen LogP contribution in [0.1, 0.15) is 62.6 Å². The van der Waals surface area contributed by atoms with Gasteiger partial charge in [0.05, 0.1) is 18.8 Å². The summed E-state index contributed by atoms with van der Waals surface area (Å²) in [6.45, 7) is 11.7. The van der Waals surface area contributed by atoms with Crippen molar-refractivity contribution in [3.63, 3.8) is 0 Å². The Bertz CT molecular complexity index is 430. The van der Waals surface area contributed by atoms with Crippen LogP contribution < -0.4 is 4.74 Å². The first kappa shape index (κ1) is 15.4. The predicted octanol–water partition coefficient (Wildman–Crippen LogP) is 4.76. The quantitative estimate of drug-likeness (QED) is 0.669. The zero-order chi connectivity index (χ0) is 14.7. The molecule has 2 rings (SSSR count). The molecule has 1 fully saturated rings. The minimum Gasteiger partial charge on any atom is -0.494 e. The van der Waals surface area contributed by atoms with Gasteiger partial charge in [0.1, 0.15) is 5.75 Å². The third kappa shape index (κ3) is 3.35. The van der Waals surface area contributed by atoms with E-state index in [2.05, 4.69) is 39.8 Å². The number of epoxide rings is 1. The summed E-state index contributed by atoms with van der Waals surface area (Å²) >= 11 is 0. The standard InChI is InChI=1S/C18H28O2/c1-6-14(11-17-16(7-2)20-17)18-12(4)9-15(19-8-3)10-13(18)5/h9-10,14,16-17H,6-8,11H2,1-5H3. The maximum atomic E-state index is 5.74. The van der Waals surface area contributed by atoms with Gasteiger partial charge in [-0.05, 0) is 74.8 Å². The van der Waals surface area contributed by atoms with E-state index >= 15 is 0 Å². The van der Waals surface area contributed by atoms with E-state index in [0.29, 0.717) is 18.1 Å². The number of benzene rings is 1. The number of hydrogen-bond acceptors (Lipinski definition) is 2. The van der Waals surface area contributed by atoms with Crippen molar-refractivity contribution >= 4 is 0 Å². The smallest absolute Gasteiger partial charge is 0.119 e. The largest absolute Gasteiger partial charge is 0.494 e. The second kappa shape index (κ2) is 6.62. The van der Waals surface area contributed by atoms with Crippen LogP contribution in [0.25, 0.3) is 0 Å². The lowest BCUT2D eigenvalue weighted by Gasteiger charge is -2.21. The van der Waals surface area contributed by atoms with Crippen LogP contribution in [0.3, 0.4) is 0 Å². The second-order valence-electron chi connectivity index (χ2n) is 5.87. The number of rotatable bonds is 7. The molecule has 1 aliphatic rings. The van der Waals surface area contributed by atoms with Crippen molar-refractivity contribution < 1.29 is 9.47 Å². The van der Waals surface area contributed by atoms with Crippen LogP contribution in [0, 0.1) is 13.8 Å². The summed E-state index contributed by atoms with van der Waals surface area (Å²) in [6, 6.07) is 4.36. The van der Waals surface area contributed by atoms with E-state index in [1.165, 1.54) is 23.1 Å². The summed E-state index contributed by atoms with van der Waals surface area (Å²) < 4.78 is 11.4. The van der Waals surface area contributed by atoms with Crippen LogP contribution in [0.15, 0.2) is 12.1 Å². The lowest BCUT2D eigenvalue weighted by atomic mass is 9.85. The molecule has 3 atom stereocenters. The molecule has 0 spiro atoms. The molecule has 0 N–H and O–H groups in total. The fourth-order valence-electron chi connectivity index (χ4n) is 3.34. The molecular weight excluding hydrogens is 248 g/mol. The lowest BCUT2D eigenvalue weighted by molar-refractivity contribution is 0.339. The molecule has 1 saturated heterocycles. The summed E-state index contributed by atoms with van der Waals surface area (Å²) in [5.41, 5.74) is 4.21. The highest BCUT2D eigenvalue weighted by molar-refractivity contribution is 5.43. The van der Waals surface area contributed by atoms with E-state index < -0.39 is 0 Å². The molecule has 20 heavy (non-hydrogen) atoms. The van der Waals surface area contributed by atoms with E-state index in [0.717, 1.165) is 25.2 Å². The molecule has 112 valence electrons. The van der Waals surface area contributed by atoms with Gasteiger partial charge in [-0.15, -0.1) is 0 Å². The summed E-state index contributed by atoms with van der Waals surface area (Å²) in [5.74, 6) is 1.60. The molecule has 0 bridgehead atoms. The summed E-state index contributed by atoms with van der Waals surface area (Å²) in [6.07, 6.45) is 4.46. The van der Waals surface area contributed by atoms with Crippen molar-refractivity contribution in [2.24, 2.45) is 0 Å². The molecular formula is C18H28O2. The Morgan fingerprint density at radius 2 is 1.75 bits per heavy atom. The minimum atomic E-state index is 0.482.